The molecule has 0 spiro atoms. The molecule has 1 saturated heterocycles. The largest absolute Gasteiger partial charge is 0.370 e. The van der Waals surface area contributed by atoms with Gasteiger partial charge in [0.25, 0.3) is 0 Å². The van der Waals surface area contributed by atoms with Crippen LogP contribution in [0, 0.1) is 11.7 Å². The second kappa shape index (κ2) is 5.35. The molecule has 15 heavy (non-hydrogen) atoms. The van der Waals surface area contributed by atoms with E-state index in [1.807, 2.05) is 11.8 Å². The van der Waals surface area contributed by atoms with Crippen LogP contribution >= 0.6 is 11.8 Å². The molecule has 0 atom stereocenters. The van der Waals surface area contributed by atoms with Gasteiger partial charge in [0, 0.05) is 6.54 Å². The van der Waals surface area contributed by atoms with Gasteiger partial charge >= 0.3 is 0 Å². The molecule has 0 radical (unpaired) electrons. The summed E-state index contributed by atoms with van der Waals surface area (Å²) in [5, 5.41) is 3.25. The van der Waals surface area contributed by atoms with Crippen molar-refractivity contribution in [2.75, 3.05) is 23.4 Å². The van der Waals surface area contributed by atoms with Gasteiger partial charge in [0.15, 0.2) is 0 Å². The van der Waals surface area contributed by atoms with Crippen LogP contribution < -0.4 is 5.32 Å². The molecule has 2 heterocycles. The van der Waals surface area contributed by atoms with Crippen molar-refractivity contribution >= 4 is 17.6 Å². The van der Waals surface area contributed by atoms with Crippen molar-refractivity contribution in [3.8, 4) is 0 Å². The van der Waals surface area contributed by atoms with Crippen molar-refractivity contribution in [1.82, 2.24) is 4.98 Å². The van der Waals surface area contributed by atoms with E-state index in [2.05, 4.69) is 10.3 Å². The first-order valence-corrected chi connectivity index (χ1v) is 6.43. The molecule has 1 N–H and O–H groups in total. The Morgan fingerprint density at radius 2 is 2.20 bits per heavy atom. The van der Waals surface area contributed by atoms with Crippen molar-refractivity contribution in [3.05, 3.63) is 24.1 Å². The molecular weight excluding hydrogens is 211 g/mol. The average molecular weight is 226 g/mol. The quantitative estimate of drug-likeness (QED) is 0.858. The van der Waals surface area contributed by atoms with Crippen LogP contribution in [0.15, 0.2) is 18.3 Å². The van der Waals surface area contributed by atoms with E-state index in [1.54, 1.807) is 6.07 Å². The zero-order chi connectivity index (χ0) is 10.5. The molecule has 1 aromatic heterocycles. The van der Waals surface area contributed by atoms with Crippen LogP contribution in [0.4, 0.5) is 10.2 Å². The topological polar surface area (TPSA) is 24.9 Å². The van der Waals surface area contributed by atoms with Crippen molar-refractivity contribution in [2.45, 2.75) is 12.8 Å². The van der Waals surface area contributed by atoms with Gasteiger partial charge in [-0.3, -0.25) is 0 Å². The van der Waals surface area contributed by atoms with Crippen molar-refractivity contribution in [2.24, 2.45) is 5.92 Å². The molecule has 0 amide bonds. The maximum absolute atomic E-state index is 12.6. The SMILES string of the molecule is Fc1ccc(NCC2CCSCC2)nc1. The highest BCUT2D eigenvalue weighted by atomic mass is 32.2. The maximum Gasteiger partial charge on any atom is 0.141 e. The first-order chi connectivity index (χ1) is 7.34. The molecule has 2 rings (SSSR count). The lowest BCUT2D eigenvalue weighted by Gasteiger charge is -2.21. The van der Waals surface area contributed by atoms with Crippen LogP contribution in [0.2, 0.25) is 0 Å². The Balaban J connectivity index is 1.79. The standard InChI is InChI=1S/C11H15FN2S/c12-10-1-2-11(14-8-10)13-7-9-3-5-15-6-4-9/h1-2,8-9H,3-7H2,(H,13,14). The van der Waals surface area contributed by atoms with Gasteiger partial charge in [-0.1, -0.05) is 0 Å². The smallest absolute Gasteiger partial charge is 0.141 e. The lowest BCUT2D eigenvalue weighted by molar-refractivity contribution is 0.515. The lowest BCUT2D eigenvalue weighted by Crippen LogP contribution is -2.19. The summed E-state index contributed by atoms with van der Waals surface area (Å²) in [7, 11) is 0. The normalized spacial score (nSPS) is 17.7. The highest BCUT2D eigenvalue weighted by Gasteiger charge is 2.13. The number of nitrogens with one attached hydrogen (secondary N) is 1. The summed E-state index contributed by atoms with van der Waals surface area (Å²) in [6.45, 7) is 0.958. The highest BCUT2D eigenvalue weighted by molar-refractivity contribution is 7.99. The Bertz CT molecular complexity index is 296. The van der Waals surface area contributed by atoms with E-state index < -0.39 is 0 Å². The number of hydrogen-bond donors (Lipinski definition) is 1. The minimum absolute atomic E-state index is 0.283. The van der Waals surface area contributed by atoms with Gasteiger partial charge in [-0.15, -0.1) is 0 Å². The first-order valence-electron chi connectivity index (χ1n) is 5.28. The lowest BCUT2D eigenvalue weighted by atomic mass is 10.0. The maximum atomic E-state index is 12.6. The zero-order valence-electron chi connectivity index (χ0n) is 8.58. The molecule has 1 fully saturated rings. The summed E-state index contributed by atoms with van der Waals surface area (Å²) >= 11 is 2.03. The summed E-state index contributed by atoms with van der Waals surface area (Å²) in [6, 6.07) is 3.12. The minimum Gasteiger partial charge on any atom is -0.370 e. The second-order valence-corrected chi connectivity index (χ2v) is 5.02. The van der Waals surface area contributed by atoms with Gasteiger partial charge in [-0.05, 0) is 42.4 Å². The van der Waals surface area contributed by atoms with E-state index in [-0.39, 0.29) is 5.82 Å². The molecule has 0 aliphatic carbocycles. The van der Waals surface area contributed by atoms with Crippen molar-refractivity contribution in [1.29, 1.82) is 0 Å². The van der Waals surface area contributed by atoms with Gasteiger partial charge in [0.05, 0.1) is 6.20 Å². The number of pyridine rings is 1. The minimum atomic E-state index is -0.283. The number of thioether (sulfide) groups is 1. The average Bonchev–Trinajstić information content (AvgIpc) is 2.30. The number of aromatic nitrogens is 1. The fraction of sp³-hybridized carbons (Fsp3) is 0.545. The fourth-order valence-electron chi connectivity index (χ4n) is 1.68. The summed E-state index contributed by atoms with van der Waals surface area (Å²) in [4.78, 5) is 3.97. The first kappa shape index (κ1) is 10.7. The third-order valence-corrected chi connectivity index (χ3v) is 3.69. The van der Waals surface area contributed by atoms with E-state index >= 15 is 0 Å². The molecule has 1 aliphatic rings. The molecule has 0 bridgehead atoms. The van der Waals surface area contributed by atoms with Crippen LogP contribution in [-0.4, -0.2) is 23.0 Å². The molecule has 1 aliphatic heterocycles. The Morgan fingerprint density at radius 3 is 2.87 bits per heavy atom. The van der Waals surface area contributed by atoms with Gasteiger partial charge < -0.3 is 5.32 Å². The van der Waals surface area contributed by atoms with Crippen LogP contribution in [0.1, 0.15) is 12.8 Å². The van der Waals surface area contributed by atoms with Crippen LogP contribution in [0.25, 0.3) is 0 Å². The Labute approximate surface area is 93.7 Å². The predicted molar refractivity (Wildman–Crippen MR) is 62.7 cm³/mol. The third-order valence-electron chi connectivity index (χ3n) is 2.64. The Hall–Kier alpha value is -0.770. The molecule has 0 saturated carbocycles. The molecule has 0 aromatic carbocycles. The van der Waals surface area contributed by atoms with Crippen molar-refractivity contribution < 1.29 is 4.39 Å². The van der Waals surface area contributed by atoms with E-state index in [0.717, 1.165) is 18.3 Å². The predicted octanol–water partition coefficient (Wildman–Crippen LogP) is 2.78. The summed E-state index contributed by atoms with van der Waals surface area (Å²) in [5.41, 5.74) is 0. The summed E-state index contributed by atoms with van der Waals surface area (Å²) < 4.78 is 12.6. The second-order valence-electron chi connectivity index (χ2n) is 3.80. The van der Waals surface area contributed by atoms with Gasteiger partial charge in [-0.25, -0.2) is 9.37 Å². The zero-order valence-corrected chi connectivity index (χ0v) is 9.39. The van der Waals surface area contributed by atoms with Crippen LogP contribution in [-0.2, 0) is 0 Å². The molecule has 1 aromatic rings. The third kappa shape index (κ3) is 3.38. The Morgan fingerprint density at radius 1 is 1.40 bits per heavy atom. The van der Waals surface area contributed by atoms with Crippen LogP contribution in [0.3, 0.4) is 0 Å². The molecule has 82 valence electrons. The van der Waals surface area contributed by atoms with E-state index in [0.29, 0.717) is 0 Å². The number of nitrogens with zero attached hydrogens (tertiary/aromatic N) is 1. The van der Waals surface area contributed by atoms with E-state index in [1.165, 1.54) is 36.6 Å². The van der Waals surface area contributed by atoms with Gasteiger partial charge in [-0.2, -0.15) is 11.8 Å². The summed E-state index contributed by atoms with van der Waals surface area (Å²) in [5.74, 6) is 3.77. The fourth-order valence-corrected chi connectivity index (χ4v) is 2.88. The monoisotopic (exact) mass is 226 g/mol. The van der Waals surface area contributed by atoms with Crippen molar-refractivity contribution in [3.63, 3.8) is 0 Å². The number of hydrogen-bond acceptors (Lipinski definition) is 3. The molecule has 4 heteroatoms. The number of rotatable bonds is 3. The molecule has 0 unspecified atom stereocenters. The van der Waals surface area contributed by atoms with E-state index in [4.69, 9.17) is 0 Å². The molecular formula is C11H15FN2S. The Kier molecular flexibility index (Phi) is 3.83. The van der Waals surface area contributed by atoms with Crippen LogP contribution in [0.5, 0.6) is 0 Å². The van der Waals surface area contributed by atoms with E-state index in [9.17, 15) is 4.39 Å². The summed E-state index contributed by atoms with van der Waals surface area (Å²) in [6.07, 6.45) is 3.80. The number of anilines is 1. The molecule has 2 nitrogen and oxygen atoms in total. The van der Waals surface area contributed by atoms with Gasteiger partial charge in [0.2, 0.25) is 0 Å². The number of halogens is 1. The van der Waals surface area contributed by atoms with Gasteiger partial charge in [0.1, 0.15) is 11.6 Å². The highest BCUT2D eigenvalue weighted by Crippen LogP contribution is 2.22.